The Bertz CT molecular complexity index is 6700. The minimum absolute atomic E-state index is 0.110. The van der Waals surface area contributed by atoms with Crippen LogP contribution in [0.5, 0.6) is 92.0 Å². The Labute approximate surface area is 843 Å². The fourth-order valence-electron chi connectivity index (χ4n) is 23.2. The second-order valence-electron chi connectivity index (χ2n) is 41.1. The fourth-order valence-corrected chi connectivity index (χ4v) is 23.2. The van der Waals surface area contributed by atoms with Gasteiger partial charge in [-0.15, -0.1) is 0 Å². The maximum atomic E-state index is 13.5. The van der Waals surface area contributed by atoms with E-state index < -0.39 is 93.3 Å². The van der Waals surface area contributed by atoms with E-state index in [4.69, 9.17) is 0 Å². The lowest BCUT2D eigenvalue weighted by Crippen LogP contribution is -2.14. The molecule has 0 saturated carbocycles. The lowest BCUT2D eigenvalue weighted by atomic mass is 9.74. The van der Waals surface area contributed by atoms with E-state index in [0.717, 1.165) is 111 Å². The molecule has 0 fully saturated rings. The number of phenolic OH excluding ortho intramolecular Hbond substituents is 16. The second-order valence-corrected chi connectivity index (χ2v) is 41.1. The van der Waals surface area contributed by atoms with E-state index in [1.807, 2.05) is 312 Å². The summed E-state index contributed by atoms with van der Waals surface area (Å²) in [5.41, 5.74) is 30.3. The van der Waals surface area contributed by atoms with Crippen molar-refractivity contribution in [3.63, 3.8) is 0 Å². The number of aryl methyl sites for hydroxylation is 8. The molecule has 0 aromatic heterocycles. The third-order valence-corrected chi connectivity index (χ3v) is 32.9. The first kappa shape index (κ1) is 99.9. The molecule has 0 atom stereocenters. The van der Waals surface area contributed by atoms with Crippen LogP contribution < -0.4 is 0 Å². The summed E-state index contributed by atoms with van der Waals surface area (Å²) >= 11 is 0. The molecular formula is C128H128O16. The SMILES string of the molecule is Cc1cc(C(c2ccc(C3c4cc(c(O)cc4O)C(c4ccc(C(c5cc(C)c(O)c(C)c5C)c5cc(C)c(O)c(C)c5C)cc4)c4cc(c(O)cc4O)C(c4ccc(C(c5cc(C)c(O)c(C)c5C)c5cc(C)c(O)c(C)c5C)cc4)c4cc(c(O)cc4O)C(c4ccc(C(c5cc(C)c(O)c(C)c5C)c5cc(C)c(O)c(C)c5C)cc4)c4cc3c(O)cc4O)cc2)c2cc(C)c(O)c(C)c2C)c(C)c(C)c1O. The predicted molar refractivity (Wildman–Crippen MR) is 571 cm³/mol. The van der Waals surface area contributed by atoms with Gasteiger partial charge in [0.15, 0.2) is 0 Å². The predicted octanol–water partition coefficient (Wildman–Crippen LogP) is 28.1. The van der Waals surface area contributed by atoms with Crippen molar-refractivity contribution in [1.29, 1.82) is 0 Å². The average molecular weight is 1920 g/mol. The highest BCUT2D eigenvalue weighted by atomic mass is 16.3. The smallest absolute Gasteiger partial charge is 0.123 e. The molecule has 8 bridgehead atoms. The van der Waals surface area contributed by atoms with Gasteiger partial charge in [-0.1, -0.05) is 146 Å². The summed E-state index contributed by atoms with van der Waals surface area (Å²) in [6.07, 6.45) is 0. The van der Waals surface area contributed by atoms with E-state index in [1.54, 1.807) is 24.3 Å². The molecule has 1 aliphatic rings. The molecule has 0 radical (unpaired) electrons. The quantitative estimate of drug-likeness (QED) is 0.0400. The van der Waals surface area contributed by atoms with Crippen molar-refractivity contribution in [2.24, 2.45) is 0 Å². The molecule has 1 aliphatic carbocycles. The fraction of sp³-hybridized carbons (Fsp3) is 0.250. The van der Waals surface area contributed by atoms with Gasteiger partial charge >= 0.3 is 0 Å². The third-order valence-electron chi connectivity index (χ3n) is 32.9. The molecule has 144 heavy (non-hydrogen) atoms. The first-order valence-corrected chi connectivity index (χ1v) is 49.0. The van der Waals surface area contributed by atoms with E-state index in [0.29, 0.717) is 111 Å². The van der Waals surface area contributed by atoms with Crippen LogP contribution in [-0.4, -0.2) is 81.7 Å². The molecule has 16 aromatic carbocycles. The highest BCUT2D eigenvalue weighted by Gasteiger charge is 2.40. The summed E-state index contributed by atoms with van der Waals surface area (Å²) in [5.74, 6) is -9.58. The largest absolute Gasteiger partial charge is 0.507 e. The van der Waals surface area contributed by atoms with E-state index in [9.17, 15) is 81.7 Å². The van der Waals surface area contributed by atoms with Crippen LogP contribution in [0.3, 0.4) is 0 Å². The van der Waals surface area contributed by atoms with Gasteiger partial charge in [-0.05, 0) is 413 Å². The Kier molecular flexibility index (Phi) is 26.1. The first-order valence-electron chi connectivity index (χ1n) is 49.0. The minimum Gasteiger partial charge on any atom is -0.507 e. The second kappa shape index (κ2) is 37.6. The molecule has 0 heterocycles. The van der Waals surface area contributed by atoms with E-state index in [1.165, 1.54) is 24.3 Å². The van der Waals surface area contributed by atoms with Crippen LogP contribution in [0.1, 0.15) is 314 Å². The Morgan fingerprint density at radius 2 is 0.250 bits per heavy atom. The van der Waals surface area contributed by atoms with Crippen LogP contribution in [0.15, 0.2) is 194 Å². The van der Waals surface area contributed by atoms with Crippen molar-refractivity contribution in [3.05, 3.63) is 461 Å². The molecule has 0 aliphatic heterocycles. The molecule has 0 spiro atoms. The Morgan fingerprint density at radius 1 is 0.139 bits per heavy atom. The van der Waals surface area contributed by atoms with Crippen LogP contribution in [0.25, 0.3) is 0 Å². The number of rotatable bonds is 16. The number of phenols is 16. The van der Waals surface area contributed by atoms with Crippen LogP contribution >= 0.6 is 0 Å². The molecule has 736 valence electrons. The maximum absolute atomic E-state index is 13.5. The zero-order valence-electron chi connectivity index (χ0n) is 86.2. The topological polar surface area (TPSA) is 324 Å². The molecule has 17 rings (SSSR count). The third kappa shape index (κ3) is 16.7. The monoisotopic (exact) mass is 1920 g/mol. The van der Waals surface area contributed by atoms with Crippen molar-refractivity contribution in [1.82, 2.24) is 0 Å². The number of fused-ring (bicyclic) bond motifs is 8. The summed E-state index contributed by atoms with van der Waals surface area (Å²) in [7, 11) is 0. The van der Waals surface area contributed by atoms with Crippen molar-refractivity contribution >= 4 is 0 Å². The van der Waals surface area contributed by atoms with Gasteiger partial charge in [0.2, 0.25) is 0 Å². The van der Waals surface area contributed by atoms with Gasteiger partial charge in [0.05, 0.1) is 0 Å². The lowest BCUT2D eigenvalue weighted by molar-refractivity contribution is 0.431. The highest BCUT2D eigenvalue weighted by Crippen LogP contribution is 2.58. The number of aromatic hydroxyl groups is 16. The zero-order valence-corrected chi connectivity index (χ0v) is 86.2. The van der Waals surface area contributed by atoms with Gasteiger partial charge in [-0.25, -0.2) is 0 Å². The first-order chi connectivity index (χ1) is 68.0. The van der Waals surface area contributed by atoms with E-state index in [-0.39, 0.29) is 90.5 Å². The summed E-state index contributed by atoms with van der Waals surface area (Å²) < 4.78 is 0. The zero-order chi connectivity index (χ0) is 104. The summed E-state index contributed by atoms with van der Waals surface area (Å²) in [4.78, 5) is 0. The lowest BCUT2D eigenvalue weighted by Gasteiger charge is -2.30. The molecular weight excluding hydrogens is 1790 g/mol. The van der Waals surface area contributed by atoms with Gasteiger partial charge in [-0.2, -0.15) is 0 Å². The van der Waals surface area contributed by atoms with Crippen LogP contribution in [0.2, 0.25) is 0 Å². The van der Waals surface area contributed by atoms with Crippen molar-refractivity contribution in [2.45, 2.75) is 214 Å². The minimum atomic E-state index is -1.30. The average Bonchev–Trinajstić information content (AvgIpc) is 0.731. The van der Waals surface area contributed by atoms with Gasteiger partial charge < -0.3 is 81.7 Å². The van der Waals surface area contributed by atoms with Crippen molar-refractivity contribution in [3.8, 4) is 92.0 Å². The van der Waals surface area contributed by atoms with Gasteiger partial charge in [0.1, 0.15) is 92.0 Å². The molecule has 0 unspecified atom stereocenters. The van der Waals surface area contributed by atoms with Crippen LogP contribution in [-0.2, 0) is 0 Å². The van der Waals surface area contributed by atoms with E-state index in [2.05, 4.69) is 0 Å². The molecule has 16 nitrogen and oxygen atoms in total. The van der Waals surface area contributed by atoms with E-state index >= 15 is 0 Å². The van der Waals surface area contributed by atoms with Crippen molar-refractivity contribution < 1.29 is 81.7 Å². The molecule has 16 N–H and O–H groups in total. The summed E-state index contributed by atoms with van der Waals surface area (Å²) in [6, 6.07) is 58.4. The number of hydrogen-bond acceptors (Lipinski definition) is 16. The Balaban J connectivity index is 0.983. The molecule has 0 saturated heterocycles. The van der Waals surface area contributed by atoms with Crippen LogP contribution in [0.4, 0.5) is 0 Å². The Hall–Kier alpha value is -15.7. The van der Waals surface area contributed by atoms with Gasteiger partial charge in [0, 0.05) is 116 Å². The summed E-state index contributed by atoms with van der Waals surface area (Å²) in [5, 5.41) is 200. The maximum Gasteiger partial charge on any atom is 0.123 e. The normalized spacial score (nSPS) is 14.2. The highest BCUT2D eigenvalue weighted by molar-refractivity contribution is 5.72. The molecule has 16 aromatic rings. The number of benzene rings is 16. The molecule has 0 amide bonds. The summed E-state index contributed by atoms with van der Waals surface area (Å²) in [6.45, 7) is 45.7. The van der Waals surface area contributed by atoms with Gasteiger partial charge in [-0.3, -0.25) is 0 Å². The molecule has 16 heteroatoms. The standard InChI is InChI=1S/C128H128O16/c1-57-41-89(65(9)73(17)121(57)137)113(90-42-58(2)122(138)74(18)66(90)10)81-25-33-85(34-26-81)117-97-49-99(107(131)53-105(97)129)118(86-35-27-82(28-36-86)114(91-43-59(3)123(139)75(19)67(91)11)92-44-60(4)124(140)76(20)68(92)12)101-51-103(111(135)55-109(101)133)120(88-39-31-84(32-40-88)116(95-47-63(7)127(143)79(23)71(95)15)96-48-64(8)128(144)80(24)72(96)16)104-52-102(110(134)56-112(104)136)119(100-50-98(117)106(130)54-108(100)132)87-37-29-83(30-38-87)115(93-45-61(5)125(141)77(21)69(93)13)94-46-62(6)126(142)78(22)70(94)14/h25-56,113-120,129-144H,1-24H3. The van der Waals surface area contributed by atoms with Crippen LogP contribution in [0, 0.1) is 166 Å². The van der Waals surface area contributed by atoms with Gasteiger partial charge in [0.25, 0.3) is 0 Å². The van der Waals surface area contributed by atoms with Crippen molar-refractivity contribution in [2.75, 3.05) is 0 Å². The Morgan fingerprint density at radius 3 is 0.361 bits per heavy atom. The number of hydrogen-bond donors (Lipinski definition) is 16.